The van der Waals surface area contributed by atoms with Crippen LogP contribution in [-0.4, -0.2) is 56.7 Å². The third-order valence-electron chi connectivity index (χ3n) is 5.55. The third-order valence-corrected chi connectivity index (χ3v) is 5.55. The van der Waals surface area contributed by atoms with Gasteiger partial charge in [-0.25, -0.2) is 19.2 Å². The molecule has 3 N–H and O–H groups in total. The summed E-state index contributed by atoms with van der Waals surface area (Å²) in [5.41, 5.74) is 2.24. The lowest BCUT2D eigenvalue weighted by molar-refractivity contribution is 0.219. The molecular formula is C22H23FN8O. The van der Waals surface area contributed by atoms with E-state index in [4.69, 9.17) is 0 Å². The number of nitrogens with one attached hydrogen (secondary N) is 3. The first kappa shape index (κ1) is 20.0. The van der Waals surface area contributed by atoms with E-state index in [1.54, 1.807) is 27.9 Å². The number of aromatic nitrogens is 4. The highest BCUT2D eigenvalue weighted by molar-refractivity contribution is 5.82. The Labute approximate surface area is 183 Å². The fourth-order valence-electron chi connectivity index (χ4n) is 3.91. The first-order valence-corrected chi connectivity index (χ1v) is 10.5. The van der Waals surface area contributed by atoms with Gasteiger partial charge in [-0.3, -0.25) is 0 Å². The van der Waals surface area contributed by atoms with Gasteiger partial charge in [-0.05, 0) is 31.2 Å². The van der Waals surface area contributed by atoms with Gasteiger partial charge in [-0.15, -0.1) is 0 Å². The molecule has 9 nitrogen and oxygen atoms in total. The van der Waals surface area contributed by atoms with E-state index in [1.165, 1.54) is 12.1 Å². The number of rotatable bonds is 7. The monoisotopic (exact) mass is 434 g/mol. The predicted molar refractivity (Wildman–Crippen MR) is 120 cm³/mol. The lowest BCUT2D eigenvalue weighted by Crippen LogP contribution is -2.32. The van der Waals surface area contributed by atoms with Crippen LogP contribution >= 0.6 is 0 Å². The molecule has 1 aliphatic rings. The van der Waals surface area contributed by atoms with Crippen molar-refractivity contribution in [1.29, 1.82) is 0 Å². The van der Waals surface area contributed by atoms with Gasteiger partial charge in [0.2, 0.25) is 0 Å². The van der Waals surface area contributed by atoms with Gasteiger partial charge in [-0.2, -0.15) is 9.61 Å². The average molecular weight is 434 g/mol. The summed E-state index contributed by atoms with van der Waals surface area (Å²) in [6.07, 6.45) is 3.43. The van der Waals surface area contributed by atoms with Crippen molar-refractivity contribution in [2.45, 2.75) is 13.0 Å². The van der Waals surface area contributed by atoms with Gasteiger partial charge in [0.15, 0.2) is 5.65 Å². The molecule has 0 spiro atoms. The van der Waals surface area contributed by atoms with E-state index in [9.17, 15) is 9.18 Å². The predicted octanol–water partition coefficient (Wildman–Crippen LogP) is 3.03. The van der Waals surface area contributed by atoms with Crippen molar-refractivity contribution >= 4 is 34.2 Å². The van der Waals surface area contributed by atoms with Gasteiger partial charge in [0.05, 0.1) is 17.8 Å². The molecule has 1 aliphatic heterocycles. The minimum absolute atomic E-state index is 0.0588. The number of urea groups is 1. The molecule has 3 aromatic heterocycles. The van der Waals surface area contributed by atoms with Gasteiger partial charge in [0.1, 0.15) is 17.5 Å². The topological polar surface area (TPSA) is 99.5 Å². The Morgan fingerprint density at radius 1 is 1.22 bits per heavy atom. The molecule has 4 aromatic rings. The number of halogens is 1. The smallest absolute Gasteiger partial charge is 0.317 e. The Kier molecular flexibility index (Phi) is 5.18. The summed E-state index contributed by atoms with van der Waals surface area (Å²) in [5, 5.41) is 14.8. The fourth-order valence-corrected chi connectivity index (χ4v) is 3.91. The number of anilines is 2. The van der Waals surface area contributed by atoms with Gasteiger partial charge < -0.3 is 20.9 Å². The fraction of sp³-hybridized carbons (Fsp3) is 0.273. The molecular weight excluding hydrogens is 411 g/mol. The number of pyridine rings is 1. The van der Waals surface area contributed by atoms with E-state index < -0.39 is 0 Å². The molecule has 0 radical (unpaired) electrons. The van der Waals surface area contributed by atoms with Crippen LogP contribution in [0.15, 0.2) is 48.8 Å². The number of fused-ring (bicyclic) bond motifs is 2. The summed E-state index contributed by atoms with van der Waals surface area (Å²) in [5.74, 6) is 1.11. The maximum absolute atomic E-state index is 13.8. The van der Waals surface area contributed by atoms with Crippen LogP contribution in [0, 0.1) is 5.82 Å². The number of hydrogen-bond acceptors (Lipinski definition) is 6. The Bertz CT molecular complexity index is 1290. The van der Waals surface area contributed by atoms with Crippen LogP contribution in [0.4, 0.5) is 20.8 Å². The van der Waals surface area contributed by atoms with E-state index >= 15 is 0 Å². The molecule has 5 rings (SSSR count). The Morgan fingerprint density at radius 2 is 2.12 bits per heavy atom. The zero-order chi connectivity index (χ0) is 22.1. The van der Waals surface area contributed by atoms with E-state index in [-0.39, 0.29) is 17.9 Å². The molecule has 0 unspecified atom stereocenters. The largest absolute Gasteiger partial charge is 0.368 e. The minimum Gasteiger partial charge on any atom is -0.368 e. The standard InChI is InChI=1S/C22H23FN8O/c1-14(28-20-4-6-24-19-5-7-27-31(19)20)17-12-15-2-3-16(23)13-18(15)29-21(17)25-8-10-30-11-9-26-22(30)32/h2-7,12-14,28H,8-11H2,1H3,(H,25,29)(H,26,32)/t14-/m0/s1. The zero-order valence-electron chi connectivity index (χ0n) is 17.5. The molecule has 4 heterocycles. The quantitative estimate of drug-likeness (QED) is 0.414. The second-order valence-electron chi connectivity index (χ2n) is 7.71. The van der Waals surface area contributed by atoms with Crippen molar-refractivity contribution in [3.05, 3.63) is 60.2 Å². The number of carbonyl (C=O) groups excluding carboxylic acids is 1. The SMILES string of the molecule is C[C@H](Nc1ccnc2ccnn12)c1cc2ccc(F)cc2nc1NCCN1CCNC1=O. The van der Waals surface area contributed by atoms with Crippen molar-refractivity contribution in [1.82, 2.24) is 29.8 Å². The normalized spacial score (nSPS) is 14.7. The van der Waals surface area contributed by atoms with Gasteiger partial charge in [0, 0.05) is 55.5 Å². The molecule has 32 heavy (non-hydrogen) atoms. The molecule has 1 atom stereocenters. The zero-order valence-corrected chi connectivity index (χ0v) is 17.5. The van der Waals surface area contributed by atoms with Crippen molar-refractivity contribution in [3.8, 4) is 0 Å². The molecule has 0 bridgehead atoms. The van der Waals surface area contributed by atoms with Crippen molar-refractivity contribution < 1.29 is 9.18 Å². The number of carbonyl (C=O) groups is 1. The van der Waals surface area contributed by atoms with Crippen LogP contribution in [0.3, 0.4) is 0 Å². The lowest BCUT2D eigenvalue weighted by Gasteiger charge is -2.21. The van der Waals surface area contributed by atoms with Crippen LogP contribution in [0.1, 0.15) is 18.5 Å². The van der Waals surface area contributed by atoms with Crippen LogP contribution < -0.4 is 16.0 Å². The summed E-state index contributed by atoms with van der Waals surface area (Å²) in [4.78, 5) is 22.5. The molecule has 0 saturated carbocycles. The molecule has 1 fully saturated rings. The highest BCUT2D eigenvalue weighted by Crippen LogP contribution is 2.29. The number of nitrogens with zero attached hydrogens (tertiary/aromatic N) is 5. The Morgan fingerprint density at radius 3 is 2.97 bits per heavy atom. The number of amides is 2. The molecule has 2 amide bonds. The first-order valence-electron chi connectivity index (χ1n) is 10.5. The van der Waals surface area contributed by atoms with Crippen LogP contribution in [0.25, 0.3) is 16.6 Å². The van der Waals surface area contributed by atoms with Crippen LogP contribution in [0.2, 0.25) is 0 Å². The van der Waals surface area contributed by atoms with Gasteiger partial charge in [-0.1, -0.05) is 0 Å². The summed E-state index contributed by atoms with van der Waals surface area (Å²) in [6, 6.07) is 10.1. The molecule has 0 aliphatic carbocycles. The van der Waals surface area contributed by atoms with Crippen LogP contribution in [0.5, 0.6) is 0 Å². The lowest BCUT2D eigenvalue weighted by atomic mass is 10.1. The maximum Gasteiger partial charge on any atom is 0.317 e. The second-order valence-corrected chi connectivity index (χ2v) is 7.71. The van der Waals surface area contributed by atoms with Crippen LogP contribution in [-0.2, 0) is 0 Å². The van der Waals surface area contributed by atoms with Crippen molar-refractivity contribution in [3.63, 3.8) is 0 Å². The molecule has 10 heteroatoms. The highest BCUT2D eigenvalue weighted by atomic mass is 19.1. The van der Waals surface area contributed by atoms with Gasteiger partial charge >= 0.3 is 6.03 Å². The average Bonchev–Trinajstić information content (AvgIpc) is 3.42. The van der Waals surface area contributed by atoms with E-state index in [2.05, 4.69) is 31.0 Å². The molecule has 1 saturated heterocycles. The summed E-state index contributed by atoms with van der Waals surface area (Å²) >= 11 is 0. The number of benzene rings is 1. The number of hydrogen-bond donors (Lipinski definition) is 3. The molecule has 1 aromatic carbocycles. The Balaban J connectivity index is 1.44. The van der Waals surface area contributed by atoms with E-state index in [0.29, 0.717) is 37.5 Å². The summed E-state index contributed by atoms with van der Waals surface area (Å²) in [7, 11) is 0. The second kappa shape index (κ2) is 8.29. The highest BCUT2D eigenvalue weighted by Gasteiger charge is 2.20. The Hall–Kier alpha value is -3.95. The summed E-state index contributed by atoms with van der Waals surface area (Å²) < 4.78 is 15.5. The third kappa shape index (κ3) is 3.86. The first-order chi connectivity index (χ1) is 15.6. The summed E-state index contributed by atoms with van der Waals surface area (Å²) in [6.45, 7) is 4.45. The minimum atomic E-state index is -0.332. The maximum atomic E-state index is 13.8. The van der Waals surface area contributed by atoms with Gasteiger partial charge in [0.25, 0.3) is 0 Å². The molecule has 164 valence electrons. The van der Waals surface area contributed by atoms with E-state index in [0.717, 1.165) is 22.4 Å². The van der Waals surface area contributed by atoms with E-state index in [1.807, 2.05) is 25.1 Å². The van der Waals surface area contributed by atoms with Crippen molar-refractivity contribution in [2.24, 2.45) is 0 Å². The van der Waals surface area contributed by atoms with Crippen molar-refractivity contribution in [2.75, 3.05) is 36.8 Å².